The molecule has 3 aromatic rings. The number of hydrogen-bond acceptors (Lipinski definition) is 7. The van der Waals surface area contributed by atoms with Crippen LogP contribution in [0.3, 0.4) is 0 Å². The second-order valence-corrected chi connectivity index (χ2v) is 10.8. The van der Waals surface area contributed by atoms with Crippen molar-refractivity contribution in [3.05, 3.63) is 42.0 Å². The molecule has 2 N–H and O–H groups in total. The van der Waals surface area contributed by atoms with E-state index in [1.807, 2.05) is 38.5 Å². The Hall–Kier alpha value is -3.69. The quantitative estimate of drug-likeness (QED) is 0.586. The first-order chi connectivity index (χ1) is 16.9. The number of carbonyl (C=O) groups excluding carboxylic acids is 2. The van der Waals surface area contributed by atoms with E-state index in [0.717, 1.165) is 16.8 Å². The minimum Gasteiger partial charge on any atom is -0.444 e. The number of primary amides is 1. The summed E-state index contributed by atoms with van der Waals surface area (Å²) in [6.07, 6.45) is 4.82. The molecule has 1 fully saturated rings. The second-order valence-electron chi connectivity index (χ2n) is 10.8. The molecular weight excluding hydrogens is 458 g/mol. The lowest BCUT2D eigenvalue weighted by Crippen LogP contribution is -2.59. The molecule has 192 valence electrons. The summed E-state index contributed by atoms with van der Waals surface area (Å²) in [7, 11) is 0. The largest absolute Gasteiger partial charge is 0.444 e. The van der Waals surface area contributed by atoms with E-state index in [2.05, 4.69) is 35.6 Å². The van der Waals surface area contributed by atoms with Gasteiger partial charge in [0.2, 0.25) is 5.91 Å². The summed E-state index contributed by atoms with van der Waals surface area (Å²) in [4.78, 5) is 42.4. The predicted molar refractivity (Wildman–Crippen MR) is 138 cm³/mol. The minimum absolute atomic E-state index is 0.00601. The lowest BCUT2D eigenvalue weighted by atomic mass is 10.0. The van der Waals surface area contributed by atoms with Crippen molar-refractivity contribution in [2.45, 2.75) is 72.1 Å². The highest BCUT2D eigenvalue weighted by molar-refractivity contribution is 5.95. The fraction of sp³-hybridized carbons (Fsp3) is 0.500. The molecule has 1 aliphatic rings. The number of nitrogens with zero attached hydrogens (tertiary/aromatic N) is 6. The van der Waals surface area contributed by atoms with Crippen molar-refractivity contribution in [1.82, 2.24) is 24.4 Å². The summed E-state index contributed by atoms with van der Waals surface area (Å²) in [5.41, 5.74) is 7.10. The van der Waals surface area contributed by atoms with Crippen LogP contribution in [0, 0.1) is 0 Å². The Balaban J connectivity index is 1.76. The predicted octanol–water partition coefficient (Wildman–Crippen LogP) is 3.87. The van der Waals surface area contributed by atoms with Crippen LogP contribution < -0.4 is 10.6 Å². The molecule has 1 aliphatic heterocycles. The number of amides is 2. The Kier molecular flexibility index (Phi) is 6.64. The van der Waals surface area contributed by atoms with Gasteiger partial charge in [0.25, 0.3) is 0 Å². The molecule has 0 radical (unpaired) electrons. The molecule has 0 bridgehead atoms. The molecule has 2 amide bonds. The Labute approximate surface area is 211 Å². The first-order valence-electron chi connectivity index (χ1n) is 12.3. The van der Waals surface area contributed by atoms with Gasteiger partial charge in [-0.3, -0.25) is 9.36 Å². The number of anilines is 1. The number of piperazine rings is 1. The van der Waals surface area contributed by atoms with Gasteiger partial charge in [0.05, 0.1) is 5.39 Å². The Morgan fingerprint density at radius 2 is 1.83 bits per heavy atom. The highest BCUT2D eigenvalue weighted by atomic mass is 16.6. The fourth-order valence-electron chi connectivity index (χ4n) is 4.60. The summed E-state index contributed by atoms with van der Waals surface area (Å²) in [6, 6.07) is 3.19. The third-order valence-corrected chi connectivity index (χ3v) is 6.38. The molecule has 4 rings (SSSR count). The van der Waals surface area contributed by atoms with E-state index in [1.54, 1.807) is 29.6 Å². The van der Waals surface area contributed by atoms with E-state index in [0.29, 0.717) is 30.1 Å². The molecule has 3 aromatic heterocycles. The summed E-state index contributed by atoms with van der Waals surface area (Å²) in [5, 5.41) is 0.934. The van der Waals surface area contributed by atoms with Gasteiger partial charge in [0.1, 0.15) is 23.6 Å². The first kappa shape index (κ1) is 25.4. The van der Waals surface area contributed by atoms with Gasteiger partial charge in [-0.15, -0.1) is 0 Å². The number of nitrogens with two attached hydrogens (primary N) is 1. The molecule has 10 nitrogen and oxygen atoms in total. The number of rotatable bonds is 4. The van der Waals surface area contributed by atoms with E-state index >= 15 is 0 Å². The zero-order valence-electron chi connectivity index (χ0n) is 22.0. The van der Waals surface area contributed by atoms with Crippen LogP contribution in [0.4, 0.5) is 10.6 Å². The van der Waals surface area contributed by atoms with Crippen molar-refractivity contribution < 1.29 is 14.3 Å². The van der Waals surface area contributed by atoms with Gasteiger partial charge in [-0.25, -0.2) is 19.7 Å². The first-order valence-corrected chi connectivity index (χ1v) is 12.3. The lowest BCUT2D eigenvalue weighted by Gasteiger charge is -2.44. The average molecular weight is 494 g/mol. The van der Waals surface area contributed by atoms with Gasteiger partial charge in [-0.1, -0.05) is 13.8 Å². The van der Waals surface area contributed by atoms with Crippen molar-refractivity contribution in [2.24, 2.45) is 5.73 Å². The summed E-state index contributed by atoms with van der Waals surface area (Å²) in [6.45, 7) is 15.1. The van der Waals surface area contributed by atoms with Crippen molar-refractivity contribution >= 4 is 28.9 Å². The molecule has 0 spiro atoms. The van der Waals surface area contributed by atoms with Crippen LogP contribution >= 0.6 is 0 Å². The van der Waals surface area contributed by atoms with E-state index in [-0.39, 0.29) is 24.1 Å². The summed E-state index contributed by atoms with van der Waals surface area (Å²) in [5.74, 6) is 1.05. The van der Waals surface area contributed by atoms with E-state index in [1.165, 1.54) is 0 Å². The van der Waals surface area contributed by atoms with Gasteiger partial charge in [-0.2, -0.15) is 0 Å². The molecule has 36 heavy (non-hydrogen) atoms. The highest BCUT2D eigenvalue weighted by Gasteiger charge is 2.36. The van der Waals surface area contributed by atoms with Gasteiger partial charge in [-0.05, 0) is 58.2 Å². The van der Waals surface area contributed by atoms with Gasteiger partial charge in [0.15, 0.2) is 5.65 Å². The molecule has 2 atom stereocenters. The minimum atomic E-state index is -0.551. The SMILES string of the molecule is CC(C)c1cn(-c2cc(C(N)=O)ccn2)c2ncnc(N3CC(C)N(C(=O)OC(C)(C)C)CC3C)c12. The van der Waals surface area contributed by atoms with E-state index in [9.17, 15) is 9.59 Å². The van der Waals surface area contributed by atoms with Crippen LogP contribution in [0.25, 0.3) is 16.9 Å². The third-order valence-electron chi connectivity index (χ3n) is 6.38. The fourth-order valence-corrected chi connectivity index (χ4v) is 4.60. The molecule has 2 unspecified atom stereocenters. The number of carbonyl (C=O) groups is 2. The number of fused-ring (bicyclic) bond motifs is 1. The topological polar surface area (TPSA) is 119 Å². The third kappa shape index (κ3) is 4.84. The summed E-state index contributed by atoms with van der Waals surface area (Å²) < 4.78 is 7.52. The smallest absolute Gasteiger partial charge is 0.410 e. The number of aromatic nitrogens is 4. The molecule has 10 heteroatoms. The Morgan fingerprint density at radius 1 is 1.11 bits per heavy atom. The number of ether oxygens (including phenoxy) is 1. The Bertz CT molecular complexity index is 1290. The monoisotopic (exact) mass is 493 g/mol. The molecule has 0 aromatic carbocycles. The Morgan fingerprint density at radius 3 is 2.47 bits per heavy atom. The van der Waals surface area contributed by atoms with Crippen LogP contribution in [0.2, 0.25) is 0 Å². The zero-order valence-corrected chi connectivity index (χ0v) is 22.0. The maximum Gasteiger partial charge on any atom is 0.410 e. The van der Waals surface area contributed by atoms with Crippen molar-refractivity contribution in [1.29, 1.82) is 0 Å². The lowest BCUT2D eigenvalue weighted by molar-refractivity contribution is 0.0130. The average Bonchev–Trinajstić information content (AvgIpc) is 3.19. The maximum atomic E-state index is 12.8. The van der Waals surface area contributed by atoms with Crippen LogP contribution in [0.1, 0.15) is 70.3 Å². The highest BCUT2D eigenvalue weighted by Crippen LogP contribution is 2.36. The second kappa shape index (κ2) is 9.40. The van der Waals surface area contributed by atoms with Crippen LogP contribution in [0.5, 0.6) is 0 Å². The van der Waals surface area contributed by atoms with Gasteiger partial charge >= 0.3 is 6.09 Å². The van der Waals surface area contributed by atoms with Gasteiger partial charge < -0.3 is 20.3 Å². The van der Waals surface area contributed by atoms with E-state index < -0.39 is 11.5 Å². The molecule has 4 heterocycles. The molecular formula is C26H35N7O3. The van der Waals surface area contributed by atoms with Gasteiger partial charge in [0, 0.05) is 43.1 Å². The molecule has 0 saturated carbocycles. The zero-order chi connectivity index (χ0) is 26.4. The molecule has 0 aliphatic carbocycles. The van der Waals surface area contributed by atoms with Crippen molar-refractivity contribution in [2.75, 3.05) is 18.0 Å². The standard InChI is InChI=1S/C26H35N7O3/c1-15(2)19-13-33(20-10-18(22(27)34)8-9-28-20)24-21(19)23(29-14-30-24)31-11-17(4)32(12-16(31)3)25(35)36-26(5,6)7/h8-10,13-17H,11-12H2,1-7H3,(H2,27,34). The van der Waals surface area contributed by atoms with Crippen LogP contribution in [-0.2, 0) is 4.74 Å². The molecule has 1 saturated heterocycles. The van der Waals surface area contributed by atoms with Crippen LogP contribution in [-0.4, -0.2) is 67.2 Å². The summed E-state index contributed by atoms with van der Waals surface area (Å²) >= 11 is 0. The maximum absolute atomic E-state index is 12.8. The van der Waals surface area contributed by atoms with E-state index in [4.69, 9.17) is 15.5 Å². The van der Waals surface area contributed by atoms with Crippen molar-refractivity contribution in [3.8, 4) is 5.82 Å². The number of pyridine rings is 1. The van der Waals surface area contributed by atoms with Crippen molar-refractivity contribution in [3.63, 3.8) is 0 Å². The van der Waals surface area contributed by atoms with Crippen LogP contribution in [0.15, 0.2) is 30.9 Å². The number of hydrogen-bond donors (Lipinski definition) is 1. The normalized spacial score (nSPS) is 18.7.